The lowest BCUT2D eigenvalue weighted by Crippen LogP contribution is -2.57. The lowest BCUT2D eigenvalue weighted by molar-refractivity contribution is -0.290. The molecule has 0 bridgehead atoms. The number of rotatable bonds is 5. The molecule has 8 nitrogen and oxygen atoms in total. The third kappa shape index (κ3) is 14.2. The molecule has 0 aliphatic carbocycles. The van der Waals surface area contributed by atoms with Crippen molar-refractivity contribution < 1.29 is 39.1 Å². The summed E-state index contributed by atoms with van der Waals surface area (Å²) < 4.78 is 21.2. The molecule has 0 aromatic carbocycles. The van der Waals surface area contributed by atoms with Gasteiger partial charge in [0.2, 0.25) is 0 Å². The maximum absolute atomic E-state index is 9.69. The Morgan fingerprint density at radius 3 is 1.47 bits per heavy atom. The van der Waals surface area contributed by atoms with Crippen LogP contribution in [0.2, 0.25) is 0 Å². The first-order valence-corrected chi connectivity index (χ1v) is 11.0. The molecule has 8 heteroatoms. The van der Waals surface area contributed by atoms with Crippen LogP contribution < -0.4 is 0 Å². The summed E-state index contributed by atoms with van der Waals surface area (Å²) >= 11 is 0. The van der Waals surface area contributed by atoms with Crippen LogP contribution in [0.25, 0.3) is 0 Å². The quantitative estimate of drug-likeness (QED) is 0.403. The van der Waals surface area contributed by atoms with Gasteiger partial charge in [0, 0.05) is 20.1 Å². The van der Waals surface area contributed by atoms with Crippen LogP contribution in [-0.4, -0.2) is 78.4 Å². The molecule has 3 N–H and O–H groups in total. The summed E-state index contributed by atoms with van der Waals surface area (Å²) in [4.78, 5) is 9.69. The van der Waals surface area contributed by atoms with Crippen LogP contribution in [0.15, 0.2) is 12.7 Å². The van der Waals surface area contributed by atoms with E-state index in [1.165, 1.54) is 20.1 Å². The molecule has 10 atom stereocenters. The molecule has 0 radical (unpaired) electrons. The van der Waals surface area contributed by atoms with Gasteiger partial charge in [0.05, 0.1) is 12.2 Å². The van der Waals surface area contributed by atoms with Crippen molar-refractivity contribution in [3.8, 4) is 0 Å². The minimum Gasteiger partial charge on any atom is -0.388 e. The largest absolute Gasteiger partial charge is 0.388 e. The Morgan fingerprint density at radius 1 is 0.750 bits per heavy atom. The predicted octanol–water partition coefficient (Wildman–Crippen LogP) is 5.47. The summed E-state index contributed by atoms with van der Waals surface area (Å²) in [6.07, 6.45) is -1.50. The predicted molar refractivity (Wildman–Crippen MR) is 152 cm³/mol. The fourth-order valence-electron chi connectivity index (χ4n) is 3.67. The zero-order valence-electron chi connectivity index (χ0n) is 20.4. The number of carbonyl (C=O) groups excluding carboxylic acids is 1. The van der Waals surface area contributed by atoms with Gasteiger partial charge in [-0.3, -0.25) is 4.79 Å². The molecule has 36 heavy (non-hydrogen) atoms. The number of aliphatic hydroxyl groups is 3. The number of ether oxygens (including phenoxy) is 4. The lowest BCUT2D eigenvalue weighted by atomic mass is 9.78. The SMILES string of the molecule is C.C.C.C.C.C=CC(C)=O.CCC1OC(OC)C(C)C(C)C1C.CCC1OC(OC)C(O)C(O)C1O. The molecule has 0 saturated carbocycles. The Bertz CT molecular complexity index is 440. The number of allylic oxidation sites excluding steroid dienone is 1. The van der Waals surface area contributed by atoms with Crippen LogP contribution in [0.5, 0.6) is 0 Å². The van der Waals surface area contributed by atoms with Crippen molar-refractivity contribution in [2.45, 2.75) is 135 Å². The van der Waals surface area contributed by atoms with Crippen molar-refractivity contribution in [1.29, 1.82) is 0 Å². The number of hydrogen-bond acceptors (Lipinski definition) is 8. The Kier molecular flexibility index (Phi) is 32.8. The van der Waals surface area contributed by atoms with Crippen molar-refractivity contribution in [2.24, 2.45) is 17.8 Å². The van der Waals surface area contributed by atoms with Crippen molar-refractivity contribution in [2.75, 3.05) is 14.2 Å². The number of methoxy groups -OCH3 is 2. The highest BCUT2D eigenvalue weighted by atomic mass is 16.7. The second-order valence-electron chi connectivity index (χ2n) is 8.24. The van der Waals surface area contributed by atoms with Crippen LogP contribution in [-0.2, 0) is 23.7 Å². The second-order valence-corrected chi connectivity index (χ2v) is 8.24. The standard InChI is InChI=1S/C11H22O2.C8H16O5.C4H6O.5CH4/c1-6-10-8(3)7(2)9(4)11(12-5)13-10;1-3-4-5(9)6(10)7(11)8(12-2)13-4;1-3-4(2)5;;;;;/h7-11H,6H2,1-5H3;4-11H,3H2,1-2H3;3H,1H2,2H3;5*1H4. The van der Waals surface area contributed by atoms with Crippen LogP contribution >= 0.6 is 0 Å². The van der Waals surface area contributed by atoms with Crippen LogP contribution in [0.4, 0.5) is 0 Å². The van der Waals surface area contributed by atoms with Gasteiger partial charge in [0.1, 0.15) is 18.3 Å². The monoisotopic (exact) mass is 528 g/mol. The average molecular weight is 529 g/mol. The molecule has 0 aromatic rings. The summed E-state index contributed by atoms with van der Waals surface area (Å²) in [5.41, 5.74) is 0. The van der Waals surface area contributed by atoms with Crippen LogP contribution in [0, 0.1) is 17.8 Å². The van der Waals surface area contributed by atoms with E-state index in [1.54, 1.807) is 7.11 Å². The van der Waals surface area contributed by atoms with Crippen molar-refractivity contribution in [1.82, 2.24) is 0 Å². The van der Waals surface area contributed by atoms with E-state index in [0.717, 1.165) is 6.42 Å². The van der Waals surface area contributed by atoms with Crippen LogP contribution in [0.3, 0.4) is 0 Å². The molecule has 2 aliphatic heterocycles. The summed E-state index contributed by atoms with van der Waals surface area (Å²) in [6, 6.07) is 0. The highest BCUT2D eigenvalue weighted by molar-refractivity contribution is 5.86. The van der Waals surface area contributed by atoms with Gasteiger partial charge in [-0.1, -0.05) is 78.3 Å². The molecule has 224 valence electrons. The first-order chi connectivity index (χ1) is 14.5. The zero-order valence-corrected chi connectivity index (χ0v) is 20.4. The second kappa shape index (κ2) is 24.5. The minimum absolute atomic E-state index is 0. The number of hydrogen-bond donors (Lipinski definition) is 3. The first kappa shape index (κ1) is 48.2. The van der Waals surface area contributed by atoms with E-state index in [1.807, 2.05) is 6.92 Å². The lowest BCUT2D eigenvalue weighted by Gasteiger charge is -2.42. The summed E-state index contributed by atoms with van der Waals surface area (Å²) in [6.45, 7) is 15.5. The van der Waals surface area contributed by atoms with Gasteiger partial charge in [-0.25, -0.2) is 0 Å². The topological polar surface area (TPSA) is 115 Å². The third-order valence-corrected chi connectivity index (χ3v) is 6.21. The van der Waals surface area contributed by atoms with E-state index >= 15 is 0 Å². The summed E-state index contributed by atoms with van der Waals surface area (Å²) in [5.74, 6) is 1.85. The molecule has 2 rings (SSSR count). The Balaban J connectivity index is -0.0000000945. The fourth-order valence-corrected chi connectivity index (χ4v) is 3.67. The van der Waals surface area contributed by atoms with E-state index < -0.39 is 30.7 Å². The highest BCUT2D eigenvalue weighted by Crippen LogP contribution is 2.36. The maximum Gasteiger partial charge on any atom is 0.186 e. The van der Waals surface area contributed by atoms with E-state index in [2.05, 4.69) is 34.3 Å². The Labute approximate surface area is 224 Å². The van der Waals surface area contributed by atoms with Crippen molar-refractivity contribution >= 4 is 5.78 Å². The van der Waals surface area contributed by atoms with Gasteiger partial charge in [0.15, 0.2) is 18.4 Å². The average Bonchev–Trinajstić information content (AvgIpc) is 2.77. The number of aliphatic hydroxyl groups excluding tert-OH is 3. The van der Waals surface area contributed by atoms with E-state index in [4.69, 9.17) is 18.9 Å². The third-order valence-electron chi connectivity index (χ3n) is 6.21. The van der Waals surface area contributed by atoms with Gasteiger partial charge in [-0.2, -0.15) is 0 Å². The van der Waals surface area contributed by atoms with Gasteiger partial charge in [-0.05, 0) is 37.7 Å². The van der Waals surface area contributed by atoms with Gasteiger partial charge in [-0.15, -0.1) is 0 Å². The van der Waals surface area contributed by atoms with Crippen LogP contribution in [0.1, 0.15) is 91.5 Å². The summed E-state index contributed by atoms with van der Waals surface area (Å²) in [5, 5.41) is 28.2. The van der Waals surface area contributed by atoms with Gasteiger partial charge >= 0.3 is 0 Å². The molecule has 2 heterocycles. The minimum atomic E-state index is -1.20. The van der Waals surface area contributed by atoms with E-state index in [0.29, 0.717) is 30.3 Å². The van der Waals surface area contributed by atoms with E-state index in [-0.39, 0.29) is 49.2 Å². The molecule has 0 aromatic heterocycles. The first-order valence-electron chi connectivity index (χ1n) is 11.0. The Hall–Kier alpha value is -0.870. The fraction of sp³-hybridized carbons (Fsp3) is 0.893. The number of ketones is 1. The van der Waals surface area contributed by atoms with Crippen molar-refractivity contribution in [3.05, 3.63) is 12.7 Å². The van der Waals surface area contributed by atoms with Gasteiger partial charge in [0.25, 0.3) is 0 Å². The smallest absolute Gasteiger partial charge is 0.186 e. The Morgan fingerprint density at radius 2 is 1.14 bits per heavy atom. The van der Waals surface area contributed by atoms with E-state index in [9.17, 15) is 20.1 Å². The number of carbonyl (C=O) groups is 1. The molecular weight excluding hydrogens is 464 g/mol. The van der Waals surface area contributed by atoms with Gasteiger partial charge < -0.3 is 34.3 Å². The maximum atomic E-state index is 9.69. The molecule has 2 fully saturated rings. The zero-order chi connectivity index (χ0) is 24.3. The highest BCUT2D eigenvalue weighted by Gasteiger charge is 2.43. The molecule has 0 amide bonds. The summed E-state index contributed by atoms with van der Waals surface area (Å²) in [7, 11) is 3.11. The molecule has 2 aliphatic rings. The molecule has 0 spiro atoms. The normalized spacial score (nSPS) is 34.4. The molecule has 2 saturated heterocycles. The molecule has 10 unspecified atom stereocenters. The van der Waals surface area contributed by atoms with Crippen molar-refractivity contribution in [3.63, 3.8) is 0 Å². The molecular formula is C28H64O8.